The molecular formula is C10H11F2N3. The number of benzene rings is 1. The Morgan fingerprint density at radius 3 is 2.33 bits per heavy atom. The second-order valence-electron chi connectivity index (χ2n) is 3.19. The molecule has 15 heavy (non-hydrogen) atoms. The largest absolute Gasteiger partial charge is 0.247 e. The van der Waals surface area contributed by atoms with Crippen molar-refractivity contribution in [3.63, 3.8) is 0 Å². The van der Waals surface area contributed by atoms with E-state index in [4.69, 9.17) is 5.53 Å². The van der Waals surface area contributed by atoms with Crippen LogP contribution in [-0.4, -0.2) is 12.2 Å². The van der Waals surface area contributed by atoms with E-state index < -0.39 is 18.4 Å². The van der Waals surface area contributed by atoms with Gasteiger partial charge in [0, 0.05) is 4.91 Å². The van der Waals surface area contributed by atoms with Crippen LogP contribution in [0.5, 0.6) is 0 Å². The van der Waals surface area contributed by atoms with Crippen LogP contribution >= 0.6 is 0 Å². The Morgan fingerprint density at radius 2 is 1.87 bits per heavy atom. The van der Waals surface area contributed by atoms with E-state index in [2.05, 4.69) is 10.0 Å². The van der Waals surface area contributed by atoms with E-state index in [9.17, 15) is 8.78 Å². The highest BCUT2D eigenvalue weighted by Crippen LogP contribution is 2.26. The topological polar surface area (TPSA) is 48.8 Å². The summed E-state index contributed by atoms with van der Waals surface area (Å²) < 4.78 is 26.7. The second kappa shape index (κ2) is 5.32. The van der Waals surface area contributed by atoms with Crippen molar-refractivity contribution in [1.82, 2.24) is 0 Å². The number of hydrogen-bond donors (Lipinski definition) is 0. The fourth-order valence-corrected chi connectivity index (χ4v) is 1.28. The van der Waals surface area contributed by atoms with Crippen molar-refractivity contribution in [3.8, 4) is 0 Å². The molecule has 0 aromatic heterocycles. The van der Waals surface area contributed by atoms with Crippen molar-refractivity contribution < 1.29 is 8.78 Å². The number of halogens is 2. The van der Waals surface area contributed by atoms with E-state index in [0.29, 0.717) is 5.56 Å². The van der Waals surface area contributed by atoms with E-state index in [1.165, 1.54) is 19.1 Å². The Morgan fingerprint density at radius 1 is 1.27 bits per heavy atom. The summed E-state index contributed by atoms with van der Waals surface area (Å²) in [6.45, 7) is 1.18. The summed E-state index contributed by atoms with van der Waals surface area (Å²) in [5.41, 5.74) is 8.53. The number of rotatable bonds is 4. The molecule has 0 aliphatic heterocycles. The second-order valence-corrected chi connectivity index (χ2v) is 3.19. The molecule has 3 nitrogen and oxygen atoms in total. The minimum absolute atomic E-state index is 0.319. The summed E-state index contributed by atoms with van der Waals surface area (Å²) in [4.78, 5) is 2.45. The molecule has 0 heterocycles. The molecule has 0 aliphatic carbocycles. The molecule has 1 rings (SSSR count). The van der Waals surface area contributed by atoms with Gasteiger partial charge in [-0.15, -0.1) is 0 Å². The molecule has 5 heteroatoms. The predicted octanol–water partition coefficient (Wildman–Crippen LogP) is 3.73. The minimum Gasteiger partial charge on any atom is -0.247 e. The molecule has 0 amide bonds. The fourth-order valence-electron chi connectivity index (χ4n) is 1.28. The third-order valence-corrected chi connectivity index (χ3v) is 2.07. The molecule has 0 saturated heterocycles. The SMILES string of the molecule is C[C@@H](F)[C@H](N=[N+]=[N-])[C@@H](F)c1ccccc1. The molecule has 0 bridgehead atoms. The summed E-state index contributed by atoms with van der Waals surface area (Å²) in [5, 5.41) is 3.13. The highest BCUT2D eigenvalue weighted by Gasteiger charge is 2.26. The normalized spacial score (nSPS) is 16.2. The Bertz CT molecular complexity index is 347. The third-order valence-electron chi connectivity index (χ3n) is 2.07. The van der Waals surface area contributed by atoms with Gasteiger partial charge in [0.05, 0.1) is 0 Å². The lowest BCUT2D eigenvalue weighted by molar-refractivity contribution is 0.196. The van der Waals surface area contributed by atoms with Crippen LogP contribution in [0.25, 0.3) is 10.4 Å². The van der Waals surface area contributed by atoms with Gasteiger partial charge in [0.15, 0.2) is 0 Å². The van der Waals surface area contributed by atoms with Gasteiger partial charge in [-0.05, 0) is 18.0 Å². The molecule has 0 saturated carbocycles. The molecular weight excluding hydrogens is 200 g/mol. The lowest BCUT2D eigenvalue weighted by Gasteiger charge is -2.17. The molecule has 0 aliphatic rings. The van der Waals surface area contributed by atoms with Gasteiger partial charge in [0.2, 0.25) is 0 Å². The van der Waals surface area contributed by atoms with E-state index in [0.717, 1.165) is 0 Å². The molecule has 0 unspecified atom stereocenters. The first-order valence-corrected chi connectivity index (χ1v) is 4.54. The summed E-state index contributed by atoms with van der Waals surface area (Å²) in [7, 11) is 0. The van der Waals surface area contributed by atoms with Crippen LogP contribution in [0.1, 0.15) is 18.7 Å². The van der Waals surface area contributed by atoms with Crippen molar-refractivity contribution in [2.45, 2.75) is 25.3 Å². The minimum atomic E-state index is -1.61. The first kappa shape index (κ1) is 11.5. The van der Waals surface area contributed by atoms with Gasteiger partial charge in [0.25, 0.3) is 0 Å². The van der Waals surface area contributed by atoms with E-state index in [1.807, 2.05) is 0 Å². The van der Waals surface area contributed by atoms with Crippen LogP contribution in [0, 0.1) is 0 Å². The fraction of sp³-hybridized carbons (Fsp3) is 0.400. The molecule has 0 N–H and O–H groups in total. The van der Waals surface area contributed by atoms with Crippen LogP contribution < -0.4 is 0 Å². The summed E-state index contributed by atoms with van der Waals surface area (Å²) >= 11 is 0. The van der Waals surface area contributed by atoms with Gasteiger partial charge in [-0.25, -0.2) is 8.78 Å². The Labute approximate surface area is 86.4 Å². The van der Waals surface area contributed by atoms with Crippen LogP contribution in [-0.2, 0) is 0 Å². The molecule has 0 spiro atoms. The van der Waals surface area contributed by atoms with Gasteiger partial charge < -0.3 is 0 Å². The van der Waals surface area contributed by atoms with E-state index in [-0.39, 0.29) is 0 Å². The average Bonchev–Trinajstić information content (AvgIpc) is 2.26. The number of nitrogens with zero attached hydrogens (tertiary/aromatic N) is 3. The predicted molar refractivity (Wildman–Crippen MR) is 53.8 cm³/mol. The standard InChI is InChI=1S/C10H11F2N3/c1-7(11)10(14-15-13)9(12)8-5-3-2-4-6-8/h2-7,9-10H,1H3/t7-,9+,10+/m1/s1. The Balaban J connectivity index is 2.90. The highest BCUT2D eigenvalue weighted by atomic mass is 19.1. The lowest BCUT2D eigenvalue weighted by Crippen LogP contribution is -2.22. The maximum atomic E-state index is 13.7. The van der Waals surface area contributed by atoms with E-state index >= 15 is 0 Å². The van der Waals surface area contributed by atoms with Gasteiger partial charge in [0.1, 0.15) is 18.4 Å². The zero-order chi connectivity index (χ0) is 11.3. The monoisotopic (exact) mass is 211 g/mol. The zero-order valence-electron chi connectivity index (χ0n) is 8.22. The van der Waals surface area contributed by atoms with Crippen molar-refractivity contribution in [2.24, 2.45) is 5.11 Å². The highest BCUT2D eigenvalue weighted by molar-refractivity contribution is 5.19. The quantitative estimate of drug-likeness (QED) is 0.414. The van der Waals surface area contributed by atoms with Gasteiger partial charge in [-0.3, -0.25) is 0 Å². The number of azide groups is 1. The molecule has 1 aromatic rings. The molecule has 1 aromatic carbocycles. The van der Waals surface area contributed by atoms with Gasteiger partial charge in [-0.1, -0.05) is 35.4 Å². The summed E-state index contributed by atoms with van der Waals surface area (Å²) in [6, 6.07) is 6.80. The van der Waals surface area contributed by atoms with Crippen molar-refractivity contribution in [2.75, 3.05) is 0 Å². The molecule has 0 radical (unpaired) electrons. The maximum Gasteiger partial charge on any atom is 0.136 e. The Hall–Kier alpha value is -1.61. The average molecular weight is 211 g/mol. The third kappa shape index (κ3) is 2.92. The van der Waals surface area contributed by atoms with Crippen LogP contribution in [0.2, 0.25) is 0 Å². The van der Waals surface area contributed by atoms with Crippen molar-refractivity contribution in [1.29, 1.82) is 0 Å². The van der Waals surface area contributed by atoms with Crippen LogP contribution in [0.15, 0.2) is 35.4 Å². The van der Waals surface area contributed by atoms with Gasteiger partial charge in [-0.2, -0.15) is 0 Å². The molecule has 0 fully saturated rings. The maximum absolute atomic E-state index is 13.7. The first-order valence-electron chi connectivity index (χ1n) is 4.54. The van der Waals surface area contributed by atoms with E-state index in [1.54, 1.807) is 18.2 Å². The van der Waals surface area contributed by atoms with Crippen molar-refractivity contribution in [3.05, 3.63) is 46.3 Å². The van der Waals surface area contributed by atoms with Crippen LogP contribution in [0.4, 0.5) is 8.78 Å². The summed E-state index contributed by atoms with van der Waals surface area (Å²) in [6.07, 6.45) is -3.13. The lowest BCUT2D eigenvalue weighted by atomic mass is 10.0. The summed E-state index contributed by atoms with van der Waals surface area (Å²) in [5.74, 6) is 0. The van der Waals surface area contributed by atoms with Crippen molar-refractivity contribution >= 4 is 0 Å². The zero-order valence-corrected chi connectivity index (χ0v) is 8.22. The number of hydrogen-bond acceptors (Lipinski definition) is 1. The van der Waals surface area contributed by atoms with Gasteiger partial charge >= 0.3 is 0 Å². The smallest absolute Gasteiger partial charge is 0.136 e. The molecule has 3 atom stereocenters. The first-order chi connectivity index (χ1) is 7.16. The van der Waals surface area contributed by atoms with Crippen LogP contribution in [0.3, 0.4) is 0 Å². The Kier molecular flexibility index (Phi) is 4.06. The number of alkyl halides is 2. The molecule has 80 valence electrons.